The highest BCUT2D eigenvalue weighted by molar-refractivity contribution is 7.98. The number of thioether (sulfide) groups is 1. The van der Waals surface area contributed by atoms with Crippen LogP contribution in [0.4, 0.5) is 10.8 Å². The fourth-order valence-corrected chi connectivity index (χ4v) is 4.64. The van der Waals surface area contributed by atoms with Crippen LogP contribution in [0.1, 0.15) is 0 Å². The van der Waals surface area contributed by atoms with E-state index >= 15 is 0 Å². The number of nitrogens with zero attached hydrogens (tertiary/aromatic N) is 3. The number of likely N-dealkylation sites (N-methyl/N-ethyl adjacent to an activating group) is 1. The SMILES string of the molecule is CSc1ccc(NC2CN(C)C[N+]2([O-])c2nc3ccccc3s2)cc1. The standard InChI is InChI=1S/C18H20N4OS2/c1-21-11-17(19-13-7-9-14(24-2)10-8-13)22(23,12-21)18-20-15-5-3-4-6-16(15)25-18/h3-10,17,19H,11-12H2,1-2H3. The third-order valence-electron chi connectivity index (χ3n) is 4.47. The summed E-state index contributed by atoms with van der Waals surface area (Å²) in [5.41, 5.74) is 1.87. The van der Waals surface area contributed by atoms with Crippen LogP contribution in [-0.2, 0) is 0 Å². The number of thiazole rings is 1. The van der Waals surface area contributed by atoms with Crippen LogP contribution in [0, 0.1) is 5.21 Å². The molecule has 130 valence electrons. The first kappa shape index (κ1) is 16.8. The van der Waals surface area contributed by atoms with Gasteiger partial charge in [-0.1, -0.05) is 23.5 Å². The molecule has 2 atom stereocenters. The van der Waals surface area contributed by atoms with Crippen molar-refractivity contribution in [1.29, 1.82) is 0 Å². The minimum absolute atomic E-state index is 0.273. The maximum atomic E-state index is 13.7. The Morgan fingerprint density at radius 1 is 1.24 bits per heavy atom. The second kappa shape index (κ2) is 6.59. The Balaban J connectivity index is 1.65. The first-order valence-electron chi connectivity index (χ1n) is 8.12. The number of anilines is 1. The van der Waals surface area contributed by atoms with Gasteiger partial charge in [0.15, 0.2) is 6.17 Å². The van der Waals surface area contributed by atoms with Crippen molar-refractivity contribution < 1.29 is 0 Å². The van der Waals surface area contributed by atoms with Crippen LogP contribution in [0.2, 0.25) is 0 Å². The largest absolute Gasteiger partial charge is 0.623 e. The van der Waals surface area contributed by atoms with Crippen LogP contribution < -0.4 is 9.96 Å². The number of para-hydroxylation sites is 1. The Morgan fingerprint density at radius 3 is 2.72 bits per heavy atom. The minimum Gasteiger partial charge on any atom is -0.623 e. The Labute approximate surface area is 155 Å². The number of hydroxylamine groups is 2. The summed E-state index contributed by atoms with van der Waals surface area (Å²) in [4.78, 5) is 7.90. The molecule has 1 aromatic heterocycles. The molecule has 1 N–H and O–H groups in total. The zero-order valence-corrected chi connectivity index (χ0v) is 15.8. The van der Waals surface area contributed by atoms with Gasteiger partial charge in [0.25, 0.3) is 5.13 Å². The van der Waals surface area contributed by atoms with Gasteiger partial charge in [0.2, 0.25) is 0 Å². The topological polar surface area (TPSA) is 51.2 Å². The Morgan fingerprint density at radius 2 is 2.00 bits per heavy atom. The van der Waals surface area contributed by atoms with E-state index in [0.717, 1.165) is 15.9 Å². The van der Waals surface area contributed by atoms with Gasteiger partial charge < -0.3 is 10.5 Å². The lowest BCUT2D eigenvalue weighted by atomic mass is 10.3. The predicted octanol–water partition coefficient (Wildman–Crippen LogP) is 4.16. The van der Waals surface area contributed by atoms with Gasteiger partial charge in [-0.15, -0.1) is 11.8 Å². The molecule has 1 fully saturated rings. The number of nitrogens with one attached hydrogen (secondary N) is 1. The van der Waals surface area contributed by atoms with Gasteiger partial charge in [-0.05, 0) is 49.7 Å². The van der Waals surface area contributed by atoms with Gasteiger partial charge in [0.05, 0.1) is 16.8 Å². The van der Waals surface area contributed by atoms with E-state index in [1.165, 1.54) is 16.2 Å². The van der Waals surface area contributed by atoms with Gasteiger partial charge in [0, 0.05) is 10.6 Å². The zero-order chi connectivity index (χ0) is 17.4. The summed E-state index contributed by atoms with van der Waals surface area (Å²) in [6.07, 6.45) is 1.78. The van der Waals surface area contributed by atoms with E-state index in [-0.39, 0.29) is 6.17 Å². The monoisotopic (exact) mass is 372 g/mol. The molecule has 2 aromatic carbocycles. The normalized spacial score (nSPS) is 24.0. The number of hydrogen-bond acceptors (Lipinski definition) is 6. The van der Waals surface area contributed by atoms with Crippen molar-refractivity contribution in [2.24, 2.45) is 0 Å². The summed E-state index contributed by atoms with van der Waals surface area (Å²) in [6, 6.07) is 16.1. The summed E-state index contributed by atoms with van der Waals surface area (Å²) >= 11 is 3.20. The molecule has 0 bridgehead atoms. The number of fused-ring (bicyclic) bond motifs is 1. The second-order valence-corrected chi connectivity index (χ2v) is 8.22. The number of quaternary nitrogens is 1. The maximum absolute atomic E-state index is 13.7. The number of hydrogen-bond donors (Lipinski definition) is 1. The molecule has 1 aliphatic heterocycles. The highest BCUT2D eigenvalue weighted by Crippen LogP contribution is 2.37. The van der Waals surface area contributed by atoms with E-state index in [9.17, 15) is 5.21 Å². The molecule has 4 rings (SSSR count). The highest BCUT2D eigenvalue weighted by atomic mass is 32.2. The van der Waals surface area contributed by atoms with E-state index in [0.29, 0.717) is 18.3 Å². The molecular formula is C18H20N4OS2. The predicted molar refractivity (Wildman–Crippen MR) is 108 cm³/mol. The van der Waals surface area contributed by atoms with Crippen LogP contribution in [-0.4, -0.2) is 42.6 Å². The first-order valence-corrected chi connectivity index (χ1v) is 10.2. The summed E-state index contributed by atoms with van der Waals surface area (Å²) < 4.78 is 0.601. The van der Waals surface area contributed by atoms with Crippen molar-refractivity contribution in [2.45, 2.75) is 11.1 Å². The number of rotatable bonds is 4. The summed E-state index contributed by atoms with van der Waals surface area (Å²) in [5, 5.41) is 17.8. The molecule has 0 spiro atoms. The van der Waals surface area contributed by atoms with Crippen molar-refractivity contribution in [3.63, 3.8) is 0 Å². The molecule has 0 radical (unpaired) electrons. The second-order valence-electron chi connectivity index (χ2n) is 6.33. The zero-order valence-electron chi connectivity index (χ0n) is 14.2. The summed E-state index contributed by atoms with van der Waals surface area (Å²) in [7, 11) is 1.98. The van der Waals surface area contributed by atoms with E-state index < -0.39 is 4.65 Å². The number of aromatic nitrogens is 1. The van der Waals surface area contributed by atoms with Crippen molar-refractivity contribution in [3.8, 4) is 0 Å². The Hall–Kier alpha value is -1.64. The number of benzene rings is 2. The van der Waals surface area contributed by atoms with Gasteiger partial charge in [0.1, 0.15) is 6.67 Å². The van der Waals surface area contributed by atoms with E-state index in [4.69, 9.17) is 0 Å². The van der Waals surface area contributed by atoms with Crippen LogP contribution in [0.5, 0.6) is 0 Å². The molecule has 5 nitrogen and oxygen atoms in total. The average molecular weight is 373 g/mol. The van der Waals surface area contributed by atoms with Crippen molar-refractivity contribution in [2.75, 3.05) is 31.8 Å². The van der Waals surface area contributed by atoms with Gasteiger partial charge >= 0.3 is 0 Å². The minimum atomic E-state index is -0.458. The molecule has 0 amide bonds. The van der Waals surface area contributed by atoms with Crippen molar-refractivity contribution in [3.05, 3.63) is 53.7 Å². The Kier molecular flexibility index (Phi) is 4.43. The van der Waals surface area contributed by atoms with Crippen molar-refractivity contribution in [1.82, 2.24) is 14.5 Å². The molecule has 0 saturated carbocycles. The third-order valence-corrected chi connectivity index (χ3v) is 6.36. The van der Waals surface area contributed by atoms with Gasteiger partial charge in [-0.2, -0.15) is 4.98 Å². The average Bonchev–Trinajstić information content (AvgIpc) is 3.17. The molecule has 25 heavy (non-hydrogen) atoms. The van der Waals surface area contributed by atoms with Crippen LogP contribution in [0.25, 0.3) is 10.2 Å². The van der Waals surface area contributed by atoms with E-state index in [2.05, 4.69) is 33.6 Å². The molecule has 7 heteroatoms. The Bertz CT molecular complexity index is 849. The molecule has 1 aliphatic rings. The summed E-state index contributed by atoms with van der Waals surface area (Å²) in [5.74, 6) is 0. The lowest BCUT2D eigenvalue weighted by Gasteiger charge is -2.40. The fraction of sp³-hybridized carbons (Fsp3) is 0.278. The molecule has 1 saturated heterocycles. The molecule has 2 unspecified atom stereocenters. The lowest BCUT2D eigenvalue weighted by molar-refractivity contribution is 0.323. The van der Waals surface area contributed by atoms with Crippen molar-refractivity contribution >= 4 is 44.1 Å². The maximum Gasteiger partial charge on any atom is 0.290 e. The third kappa shape index (κ3) is 3.14. The molecule has 3 aromatic rings. The lowest BCUT2D eigenvalue weighted by Crippen LogP contribution is -2.52. The molecule has 0 aliphatic carbocycles. The smallest absolute Gasteiger partial charge is 0.290 e. The van der Waals surface area contributed by atoms with Crippen LogP contribution >= 0.6 is 23.1 Å². The highest BCUT2D eigenvalue weighted by Gasteiger charge is 2.42. The van der Waals surface area contributed by atoms with Crippen LogP contribution in [0.15, 0.2) is 53.4 Å². The first-order chi connectivity index (χ1) is 12.1. The van der Waals surface area contributed by atoms with E-state index in [1.54, 1.807) is 11.8 Å². The quantitative estimate of drug-likeness (QED) is 0.423. The van der Waals surface area contributed by atoms with E-state index in [1.807, 2.05) is 43.4 Å². The van der Waals surface area contributed by atoms with Gasteiger partial charge in [-0.25, -0.2) is 0 Å². The molecule has 2 heterocycles. The van der Waals surface area contributed by atoms with Crippen LogP contribution in [0.3, 0.4) is 0 Å². The fourth-order valence-electron chi connectivity index (χ4n) is 3.19. The van der Waals surface area contributed by atoms with Gasteiger partial charge in [-0.3, -0.25) is 9.55 Å². The molecular weight excluding hydrogens is 352 g/mol. The summed E-state index contributed by atoms with van der Waals surface area (Å²) in [6.45, 7) is 1.09.